The highest BCUT2D eigenvalue weighted by atomic mass is 35.5. The van der Waals surface area contributed by atoms with Gasteiger partial charge in [0.1, 0.15) is 18.3 Å². The highest BCUT2D eigenvalue weighted by Crippen LogP contribution is 2.31. The summed E-state index contributed by atoms with van der Waals surface area (Å²) in [6.07, 6.45) is 6.16. The van der Waals surface area contributed by atoms with Crippen LogP contribution in [0.2, 0.25) is 5.02 Å². The maximum Gasteiger partial charge on any atom is 0.244 e. The van der Waals surface area contributed by atoms with E-state index < -0.39 is 28.5 Å². The first kappa shape index (κ1) is 28.8. The summed E-state index contributed by atoms with van der Waals surface area (Å²) < 4.78 is 32.1. The van der Waals surface area contributed by atoms with E-state index in [1.807, 2.05) is 6.92 Å². The van der Waals surface area contributed by atoms with Crippen molar-refractivity contribution >= 4 is 39.1 Å². The van der Waals surface area contributed by atoms with Gasteiger partial charge in [0.15, 0.2) is 0 Å². The molecule has 3 rings (SSSR count). The van der Waals surface area contributed by atoms with Crippen molar-refractivity contribution < 1.29 is 22.7 Å². The van der Waals surface area contributed by atoms with Gasteiger partial charge >= 0.3 is 0 Å². The standard InChI is InChI=1S/C27H36ClN3O5S/c1-19-10-15-25(36-3)24(16-19)31(37(4,34)35)18-26(32)30(17-21-11-13-22(28)14-12-21)20(2)27(33)29-23-8-6-5-7-9-23/h10-16,20,23H,5-9,17-18H2,1-4H3,(H,29,33)/t20-/m1/s1. The molecule has 0 bridgehead atoms. The Labute approximate surface area is 225 Å². The first-order chi connectivity index (χ1) is 17.5. The van der Waals surface area contributed by atoms with E-state index in [1.165, 1.54) is 12.0 Å². The minimum atomic E-state index is -3.86. The number of methoxy groups -OCH3 is 1. The van der Waals surface area contributed by atoms with E-state index in [0.29, 0.717) is 10.8 Å². The largest absolute Gasteiger partial charge is 0.495 e. The molecule has 1 N–H and O–H groups in total. The predicted octanol–water partition coefficient (Wildman–Crippen LogP) is 4.29. The van der Waals surface area contributed by atoms with Crippen LogP contribution >= 0.6 is 11.6 Å². The molecule has 202 valence electrons. The molecule has 2 aromatic carbocycles. The summed E-state index contributed by atoms with van der Waals surface area (Å²) in [4.78, 5) is 28.4. The van der Waals surface area contributed by atoms with Crippen molar-refractivity contribution in [3.8, 4) is 5.75 Å². The zero-order valence-electron chi connectivity index (χ0n) is 21.9. The number of rotatable bonds is 10. The van der Waals surface area contributed by atoms with E-state index in [4.69, 9.17) is 16.3 Å². The zero-order valence-corrected chi connectivity index (χ0v) is 23.4. The summed E-state index contributed by atoms with van der Waals surface area (Å²) in [6, 6.07) is 11.4. The van der Waals surface area contributed by atoms with Crippen LogP contribution in [0.25, 0.3) is 0 Å². The summed E-state index contributed by atoms with van der Waals surface area (Å²) in [5.41, 5.74) is 1.85. The number of nitrogens with zero attached hydrogens (tertiary/aromatic N) is 2. The first-order valence-electron chi connectivity index (χ1n) is 12.5. The lowest BCUT2D eigenvalue weighted by Gasteiger charge is -2.33. The van der Waals surface area contributed by atoms with Gasteiger partial charge in [0, 0.05) is 17.6 Å². The van der Waals surface area contributed by atoms with Crippen LogP contribution in [-0.4, -0.2) is 57.1 Å². The highest BCUT2D eigenvalue weighted by molar-refractivity contribution is 7.92. The van der Waals surface area contributed by atoms with Gasteiger partial charge in [-0.15, -0.1) is 0 Å². The van der Waals surface area contributed by atoms with Gasteiger partial charge in [-0.2, -0.15) is 0 Å². The normalized spacial score (nSPS) is 15.1. The lowest BCUT2D eigenvalue weighted by molar-refractivity contribution is -0.139. The fourth-order valence-corrected chi connectivity index (χ4v) is 5.50. The minimum Gasteiger partial charge on any atom is -0.495 e. The molecule has 0 heterocycles. The lowest BCUT2D eigenvalue weighted by atomic mass is 9.95. The summed E-state index contributed by atoms with van der Waals surface area (Å²) >= 11 is 6.03. The quantitative estimate of drug-likeness (QED) is 0.477. The third kappa shape index (κ3) is 7.85. The average molecular weight is 550 g/mol. The molecule has 1 saturated carbocycles. The Balaban J connectivity index is 1.91. The van der Waals surface area contributed by atoms with E-state index in [1.54, 1.807) is 49.4 Å². The summed E-state index contributed by atoms with van der Waals surface area (Å²) in [6.45, 7) is 3.14. The zero-order chi connectivity index (χ0) is 27.2. The molecule has 8 nitrogen and oxygen atoms in total. The fourth-order valence-electron chi connectivity index (χ4n) is 4.53. The number of carbonyl (C=O) groups is 2. The van der Waals surface area contributed by atoms with Gasteiger partial charge in [0.05, 0.1) is 19.1 Å². The number of ether oxygens (including phenoxy) is 1. The molecule has 1 aliphatic carbocycles. The monoisotopic (exact) mass is 549 g/mol. The smallest absolute Gasteiger partial charge is 0.244 e. The third-order valence-electron chi connectivity index (χ3n) is 6.67. The Morgan fingerprint density at radius 1 is 1.11 bits per heavy atom. The van der Waals surface area contributed by atoms with E-state index in [2.05, 4.69) is 5.32 Å². The maximum atomic E-state index is 13.7. The number of aryl methyl sites for hydroxylation is 1. The third-order valence-corrected chi connectivity index (χ3v) is 8.05. The van der Waals surface area contributed by atoms with E-state index in [0.717, 1.165) is 53.8 Å². The second-order valence-electron chi connectivity index (χ2n) is 9.61. The molecular weight excluding hydrogens is 514 g/mol. The highest BCUT2D eigenvalue weighted by Gasteiger charge is 2.32. The van der Waals surface area contributed by atoms with Crippen LogP contribution in [0.3, 0.4) is 0 Å². The van der Waals surface area contributed by atoms with Crippen LogP contribution in [0.4, 0.5) is 5.69 Å². The molecule has 0 radical (unpaired) electrons. The number of carbonyl (C=O) groups excluding carboxylic acids is 2. The van der Waals surface area contributed by atoms with Crippen LogP contribution in [0.15, 0.2) is 42.5 Å². The minimum absolute atomic E-state index is 0.0836. The lowest BCUT2D eigenvalue weighted by Crippen LogP contribution is -2.53. The topological polar surface area (TPSA) is 96.0 Å². The van der Waals surface area contributed by atoms with Gasteiger partial charge in [-0.3, -0.25) is 13.9 Å². The summed E-state index contributed by atoms with van der Waals surface area (Å²) in [5.74, 6) is -0.431. The second kappa shape index (κ2) is 12.6. The number of amides is 2. The SMILES string of the molecule is COc1ccc(C)cc1N(CC(=O)N(Cc1ccc(Cl)cc1)[C@H](C)C(=O)NC1CCCCC1)S(C)(=O)=O. The molecular formula is C27H36ClN3O5S. The Bertz CT molecular complexity index is 1200. The Kier molecular flexibility index (Phi) is 9.84. The van der Waals surface area contributed by atoms with Crippen molar-refractivity contribution in [3.05, 3.63) is 58.6 Å². The molecule has 0 saturated heterocycles. The number of halogens is 1. The molecule has 0 aromatic heterocycles. The second-order valence-corrected chi connectivity index (χ2v) is 12.0. The molecule has 0 aliphatic heterocycles. The average Bonchev–Trinajstić information content (AvgIpc) is 2.86. The fraction of sp³-hybridized carbons (Fsp3) is 0.481. The van der Waals surface area contributed by atoms with Gasteiger partial charge < -0.3 is 15.0 Å². The summed E-state index contributed by atoms with van der Waals surface area (Å²) in [5, 5.41) is 3.64. The van der Waals surface area contributed by atoms with Crippen LogP contribution < -0.4 is 14.4 Å². The number of hydrogen-bond acceptors (Lipinski definition) is 5. The van der Waals surface area contributed by atoms with Gasteiger partial charge in [0.25, 0.3) is 0 Å². The Hall–Kier alpha value is -2.78. The van der Waals surface area contributed by atoms with Crippen LogP contribution in [-0.2, 0) is 26.2 Å². The van der Waals surface area contributed by atoms with Crippen LogP contribution in [0.1, 0.15) is 50.2 Å². The number of nitrogens with one attached hydrogen (secondary N) is 1. The molecule has 0 unspecified atom stereocenters. The molecule has 37 heavy (non-hydrogen) atoms. The van der Waals surface area contributed by atoms with Gasteiger partial charge in [-0.25, -0.2) is 8.42 Å². The van der Waals surface area contributed by atoms with Crippen molar-refractivity contribution in [3.63, 3.8) is 0 Å². The van der Waals surface area contributed by atoms with Gasteiger partial charge in [0.2, 0.25) is 21.8 Å². The molecule has 1 fully saturated rings. The molecule has 1 aliphatic rings. The van der Waals surface area contributed by atoms with E-state index in [-0.39, 0.29) is 24.2 Å². The molecule has 2 aromatic rings. The van der Waals surface area contributed by atoms with Crippen molar-refractivity contribution in [1.29, 1.82) is 0 Å². The Morgan fingerprint density at radius 2 is 1.76 bits per heavy atom. The van der Waals surface area contributed by atoms with Crippen molar-refractivity contribution in [2.75, 3.05) is 24.2 Å². The molecule has 2 amide bonds. The summed E-state index contributed by atoms with van der Waals surface area (Å²) in [7, 11) is -2.41. The van der Waals surface area contributed by atoms with Crippen LogP contribution in [0, 0.1) is 6.92 Å². The van der Waals surface area contributed by atoms with Crippen molar-refractivity contribution in [2.45, 2.75) is 64.6 Å². The maximum absolute atomic E-state index is 13.7. The van der Waals surface area contributed by atoms with Gasteiger partial charge in [-0.05, 0) is 62.1 Å². The molecule has 1 atom stereocenters. The first-order valence-corrected chi connectivity index (χ1v) is 14.7. The molecule has 10 heteroatoms. The van der Waals surface area contributed by atoms with Crippen LogP contribution in [0.5, 0.6) is 5.75 Å². The number of hydrogen-bond donors (Lipinski definition) is 1. The molecule has 0 spiro atoms. The van der Waals surface area contributed by atoms with E-state index in [9.17, 15) is 18.0 Å². The van der Waals surface area contributed by atoms with E-state index >= 15 is 0 Å². The number of sulfonamides is 1. The van der Waals surface area contributed by atoms with Crippen molar-refractivity contribution in [1.82, 2.24) is 10.2 Å². The number of anilines is 1. The number of benzene rings is 2. The predicted molar refractivity (Wildman–Crippen MR) is 146 cm³/mol. The van der Waals surface area contributed by atoms with Gasteiger partial charge in [-0.1, -0.05) is 49.1 Å². The Morgan fingerprint density at radius 3 is 2.35 bits per heavy atom. The van der Waals surface area contributed by atoms with Crippen molar-refractivity contribution in [2.24, 2.45) is 0 Å².